The molecule has 1 N–H and O–H groups in total. The van der Waals surface area contributed by atoms with Crippen LogP contribution in [0.15, 0.2) is 29.2 Å². The van der Waals surface area contributed by atoms with Crippen molar-refractivity contribution in [1.29, 1.82) is 0 Å². The Bertz CT molecular complexity index is 1080. The average Bonchev–Trinajstić information content (AvgIpc) is 2.65. The van der Waals surface area contributed by atoms with Crippen LogP contribution in [0.3, 0.4) is 0 Å². The van der Waals surface area contributed by atoms with Crippen LogP contribution >= 0.6 is 26.4 Å². The number of halogens is 5. The van der Waals surface area contributed by atoms with E-state index in [9.17, 15) is 25.8 Å². The lowest BCUT2D eigenvalue weighted by Gasteiger charge is -2.45. The zero-order chi connectivity index (χ0) is 24.3. The van der Waals surface area contributed by atoms with Gasteiger partial charge in [-0.2, -0.15) is 0 Å². The maximum atomic E-state index is 14.1. The molecule has 1 unspecified atom stereocenters. The molecular formula is C23H29F4INO2S-. The average molecular weight is 586 g/mol. The van der Waals surface area contributed by atoms with Crippen LogP contribution < -0.4 is 5.11 Å². The Hall–Kier alpha value is -1.04. The summed E-state index contributed by atoms with van der Waals surface area (Å²) < 4.78 is 59.3. The quantitative estimate of drug-likeness (QED) is 0.302. The zero-order valence-electron chi connectivity index (χ0n) is 18.8. The van der Waals surface area contributed by atoms with Crippen LogP contribution in [0.4, 0.5) is 15.5 Å². The van der Waals surface area contributed by atoms with Crippen LogP contribution in [-0.2, 0) is 6.42 Å². The minimum Gasteiger partial charge on any atom is -0.848 e. The molecular weight excluding hydrogens is 557 g/mol. The smallest absolute Gasteiger partial charge is 0.223 e. The van der Waals surface area contributed by atoms with Gasteiger partial charge in [0.1, 0.15) is 6.10 Å². The highest BCUT2D eigenvalue weighted by molar-refractivity contribution is 14.2. The molecule has 0 aliphatic heterocycles. The third kappa shape index (κ3) is 4.63. The predicted octanol–water partition coefficient (Wildman–Crippen LogP) is 7.06. The molecule has 0 saturated heterocycles. The molecule has 0 spiro atoms. The van der Waals surface area contributed by atoms with Crippen LogP contribution in [0.5, 0.6) is 0 Å². The highest BCUT2D eigenvalue weighted by atomic mass is 127. The first-order chi connectivity index (χ1) is 14.4. The minimum atomic E-state index is -8.33. The number of fused-ring (bicyclic) bond motifs is 1. The number of aliphatic hydroxyl groups is 1. The second-order valence-corrected chi connectivity index (χ2v) is 19.4. The fourth-order valence-electron chi connectivity index (χ4n) is 4.43. The number of benzene rings is 1. The zero-order valence-corrected chi connectivity index (χ0v) is 21.7. The summed E-state index contributed by atoms with van der Waals surface area (Å²) in [6.07, 6.45) is -1.18. The second kappa shape index (κ2) is 7.48. The molecule has 1 aliphatic rings. The normalized spacial score (nSPS) is 21.6. The molecule has 0 saturated carbocycles. The van der Waals surface area contributed by atoms with E-state index in [1.165, 1.54) is 0 Å². The first kappa shape index (κ1) is 25.6. The fourth-order valence-corrected chi connectivity index (χ4v) is 7.17. The molecule has 2 aromatic rings. The van der Waals surface area contributed by atoms with Gasteiger partial charge in [0.15, 0.2) is 0 Å². The Morgan fingerprint density at radius 2 is 1.75 bits per heavy atom. The van der Waals surface area contributed by atoms with Gasteiger partial charge in [0, 0.05) is 36.3 Å². The van der Waals surface area contributed by atoms with Gasteiger partial charge in [-0.25, -0.2) is 0 Å². The minimum absolute atomic E-state index is 0.0761. The van der Waals surface area contributed by atoms with Crippen molar-refractivity contribution in [2.45, 2.75) is 70.5 Å². The van der Waals surface area contributed by atoms with Crippen LogP contribution in [0.25, 0.3) is 0 Å². The molecule has 9 heteroatoms. The van der Waals surface area contributed by atoms with Crippen molar-refractivity contribution in [3.8, 4) is 0 Å². The topological polar surface area (TPSA) is 56.2 Å². The molecule has 1 aromatic carbocycles. The molecule has 3 nitrogen and oxygen atoms in total. The number of aromatic nitrogens is 1. The van der Waals surface area contributed by atoms with Gasteiger partial charge in [0.2, 0.25) is 7.01 Å². The Morgan fingerprint density at radius 1 is 1.19 bits per heavy atom. The lowest BCUT2D eigenvalue weighted by molar-refractivity contribution is -0.434. The summed E-state index contributed by atoms with van der Waals surface area (Å²) >= 11 is -2.90. The summed E-state index contributed by atoms with van der Waals surface area (Å²) in [7, 11) is -8.33. The molecule has 1 heterocycles. The van der Waals surface area contributed by atoms with E-state index >= 15 is 0 Å². The summed E-state index contributed by atoms with van der Waals surface area (Å²) in [6, 6.07) is 3.55. The number of rotatable bonds is 5. The summed E-state index contributed by atoms with van der Waals surface area (Å²) in [5.41, 5.74) is 3.02. The molecule has 2 atom stereocenters. The molecule has 1 aromatic heterocycles. The summed E-state index contributed by atoms with van der Waals surface area (Å²) in [6.45, 7) is 9.65. The van der Waals surface area contributed by atoms with Gasteiger partial charge < -0.3 is 10.2 Å². The Morgan fingerprint density at radius 3 is 2.25 bits per heavy atom. The first-order valence-corrected chi connectivity index (χ1v) is 16.4. The van der Waals surface area contributed by atoms with Gasteiger partial charge in [0.05, 0.1) is 4.90 Å². The van der Waals surface area contributed by atoms with Gasteiger partial charge in [0.25, 0.3) is 0 Å². The fraction of sp³-hybridized carbons (Fsp3) is 0.478. The van der Waals surface area contributed by atoms with Gasteiger partial charge in [-0.3, -0.25) is 4.98 Å². The first-order valence-electron chi connectivity index (χ1n) is 10.3. The molecule has 1 aliphatic carbocycles. The number of aliphatic hydroxyl groups excluding tert-OH is 1. The standard InChI is InChI=1S/C23H29F4INO2S/c1-13(2)21-20(14(3)19-17(29-21)11-23(4,5)12-18(19)30)22(31)15-7-9-16(10-8-15)32(24,25,26,27)28-6/h7-10,13,18,22,31H,6,11-12H2,1-5H3/q-1/t18?,22-/m1/s1. The van der Waals surface area contributed by atoms with E-state index in [0.717, 1.165) is 17.8 Å². The highest BCUT2D eigenvalue weighted by Crippen LogP contribution is 3.07. The Balaban J connectivity index is 2.14. The van der Waals surface area contributed by atoms with Crippen LogP contribution in [0.2, 0.25) is 0 Å². The summed E-state index contributed by atoms with van der Waals surface area (Å²) in [4.78, 5) is 3.44. The monoisotopic (exact) mass is 586 g/mol. The van der Waals surface area contributed by atoms with E-state index < -0.39 is 43.5 Å². The van der Waals surface area contributed by atoms with Gasteiger partial charge in [-0.05, 0) is 53.5 Å². The number of hydrogen-bond donors (Lipinski definition) is 1. The molecule has 3 rings (SSSR count). The van der Waals surface area contributed by atoms with E-state index in [0.29, 0.717) is 47.4 Å². The third-order valence-electron chi connectivity index (χ3n) is 6.04. The molecule has 32 heavy (non-hydrogen) atoms. The third-order valence-corrected chi connectivity index (χ3v) is 12.9. The van der Waals surface area contributed by atoms with Crippen molar-refractivity contribution in [3.63, 3.8) is 0 Å². The van der Waals surface area contributed by atoms with Gasteiger partial charge in [-0.15, -0.1) is 15.5 Å². The molecule has 0 bridgehead atoms. The maximum absolute atomic E-state index is 14.1. The van der Waals surface area contributed by atoms with Crippen LogP contribution in [-0.4, -0.2) is 14.6 Å². The summed E-state index contributed by atoms with van der Waals surface area (Å²) in [5.74, 6) is -0.0761. The van der Waals surface area contributed by atoms with Crippen molar-refractivity contribution in [2.75, 3.05) is 0 Å². The van der Waals surface area contributed by atoms with Crippen LogP contribution in [0, 0.1) is 12.3 Å². The van der Waals surface area contributed by atoms with Crippen LogP contribution in [0.1, 0.15) is 85.9 Å². The van der Waals surface area contributed by atoms with Gasteiger partial charge >= 0.3 is 0 Å². The van der Waals surface area contributed by atoms with Gasteiger partial charge in [-0.1, -0.05) is 56.9 Å². The molecule has 0 fully saturated rings. The van der Waals surface area contributed by atoms with E-state index in [4.69, 9.17) is 4.98 Å². The van der Waals surface area contributed by atoms with Crippen molar-refractivity contribution in [3.05, 3.63) is 57.9 Å². The second-order valence-electron chi connectivity index (χ2n) is 9.63. The Labute approximate surface area is 194 Å². The lowest BCUT2D eigenvalue weighted by atomic mass is 9.72. The molecule has 180 valence electrons. The van der Waals surface area contributed by atoms with E-state index in [-0.39, 0.29) is 16.9 Å². The number of pyridine rings is 1. The maximum Gasteiger partial charge on any atom is 0.223 e. The van der Waals surface area contributed by atoms with E-state index in [1.54, 1.807) is 6.92 Å². The number of nitrogens with zero attached hydrogens (tertiary/aromatic N) is 1. The van der Waals surface area contributed by atoms with Crippen molar-refractivity contribution < 1.29 is 25.8 Å². The van der Waals surface area contributed by atoms with E-state index in [2.05, 4.69) is 4.51 Å². The number of hydrogen-bond acceptors (Lipinski definition) is 3. The molecule has 0 amide bonds. The Kier molecular flexibility index (Phi) is 5.98. The lowest BCUT2D eigenvalue weighted by Crippen LogP contribution is -2.34. The van der Waals surface area contributed by atoms with Crippen molar-refractivity contribution >= 4 is 30.9 Å². The van der Waals surface area contributed by atoms with Crippen molar-refractivity contribution in [2.24, 2.45) is 5.41 Å². The predicted molar refractivity (Wildman–Crippen MR) is 130 cm³/mol. The highest BCUT2D eigenvalue weighted by Gasteiger charge is 2.62. The largest absolute Gasteiger partial charge is 0.848 e. The SMILES string of the molecule is C=IS(F)(F)(F)(F)c1ccc([C@@H](O)c2c(C(C)C)nc3c(c2C)C([O-])CC(C)(C)C3)cc1. The summed E-state index contributed by atoms with van der Waals surface area (Å²) in [5, 5.41) is 24.1. The molecule has 0 radical (unpaired) electrons. The van der Waals surface area contributed by atoms with E-state index in [1.807, 2.05) is 27.7 Å². The van der Waals surface area contributed by atoms with Crippen molar-refractivity contribution in [1.82, 2.24) is 4.98 Å².